The third kappa shape index (κ3) is 26.0. The molecular weight excluding hydrogens is 378 g/mol. The second-order valence-corrected chi connectivity index (χ2v) is 9.64. The van der Waals surface area contributed by atoms with Gasteiger partial charge in [0, 0.05) is 26.2 Å². The molecule has 0 heterocycles. The maximum atomic E-state index is 3.67. The van der Waals surface area contributed by atoms with Crippen LogP contribution in [0.3, 0.4) is 0 Å². The van der Waals surface area contributed by atoms with Crippen molar-refractivity contribution in [1.29, 1.82) is 0 Å². The number of nitrogens with zero attached hydrogens (tertiary/aromatic N) is 1. The van der Waals surface area contributed by atoms with Gasteiger partial charge in [0.2, 0.25) is 0 Å². The zero-order valence-corrected chi connectivity index (χ0v) is 22.1. The molecule has 31 heavy (non-hydrogen) atoms. The monoisotopic (exact) mass is 439 g/mol. The van der Waals surface area contributed by atoms with Gasteiger partial charge in [0.15, 0.2) is 0 Å². The van der Waals surface area contributed by atoms with Crippen LogP contribution in [0.4, 0.5) is 0 Å². The van der Waals surface area contributed by atoms with Crippen molar-refractivity contribution in [2.24, 2.45) is 0 Å². The molecule has 3 heteroatoms. The first-order chi connectivity index (χ1) is 15.3. The lowest BCUT2D eigenvalue weighted by Crippen LogP contribution is -2.36. The fraction of sp³-hybridized carbons (Fsp3) is 1.00. The van der Waals surface area contributed by atoms with E-state index in [0.717, 1.165) is 19.6 Å². The summed E-state index contributed by atoms with van der Waals surface area (Å²) in [5, 5.41) is 7.27. The van der Waals surface area contributed by atoms with Gasteiger partial charge in [0.05, 0.1) is 0 Å². The molecule has 0 fully saturated rings. The van der Waals surface area contributed by atoms with E-state index in [9.17, 15) is 0 Å². The zero-order chi connectivity index (χ0) is 22.7. The fourth-order valence-corrected chi connectivity index (χ4v) is 4.26. The molecule has 0 unspecified atom stereocenters. The first-order valence-electron chi connectivity index (χ1n) is 14.5. The zero-order valence-electron chi connectivity index (χ0n) is 22.1. The average molecular weight is 440 g/mol. The van der Waals surface area contributed by atoms with Crippen molar-refractivity contribution >= 4 is 0 Å². The van der Waals surface area contributed by atoms with Gasteiger partial charge in [-0.1, -0.05) is 117 Å². The molecule has 0 aromatic heterocycles. The summed E-state index contributed by atoms with van der Waals surface area (Å²) >= 11 is 0. The van der Waals surface area contributed by atoms with Crippen LogP contribution >= 0.6 is 0 Å². The summed E-state index contributed by atoms with van der Waals surface area (Å²) in [4.78, 5) is 2.73. The van der Waals surface area contributed by atoms with Gasteiger partial charge in [-0.15, -0.1) is 0 Å². The van der Waals surface area contributed by atoms with Gasteiger partial charge in [-0.2, -0.15) is 0 Å². The number of hydrogen-bond donors (Lipinski definition) is 2. The standard InChI is InChI=1S/C28H61N3/c1-4-7-10-13-16-19-22-29-23-24-30-25-28-31(26-20-17-14-11-8-5-2)27-21-18-15-12-9-6-3/h29-30H,4-28H2,1-3H3. The smallest absolute Gasteiger partial charge is 0.0107 e. The Hall–Kier alpha value is -0.120. The molecule has 0 spiro atoms. The molecule has 0 atom stereocenters. The Balaban J connectivity index is 3.71. The van der Waals surface area contributed by atoms with Crippen LogP contribution in [-0.4, -0.2) is 50.7 Å². The first kappa shape index (κ1) is 30.9. The van der Waals surface area contributed by atoms with Crippen molar-refractivity contribution in [3.8, 4) is 0 Å². The summed E-state index contributed by atoms with van der Waals surface area (Å²) in [6.07, 6.45) is 25.2. The second kappa shape index (κ2) is 27.9. The van der Waals surface area contributed by atoms with E-state index in [1.807, 2.05) is 0 Å². The van der Waals surface area contributed by atoms with Gasteiger partial charge in [0.1, 0.15) is 0 Å². The van der Waals surface area contributed by atoms with Gasteiger partial charge in [-0.25, -0.2) is 0 Å². The Bertz CT molecular complexity index is 293. The summed E-state index contributed by atoms with van der Waals surface area (Å²) < 4.78 is 0. The van der Waals surface area contributed by atoms with Crippen LogP contribution in [0.2, 0.25) is 0 Å². The van der Waals surface area contributed by atoms with Crippen molar-refractivity contribution in [3.63, 3.8) is 0 Å². The molecule has 0 aromatic carbocycles. The molecule has 0 bridgehead atoms. The molecule has 0 aliphatic rings. The summed E-state index contributed by atoms with van der Waals surface area (Å²) in [7, 11) is 0. The molecule has 0 rings (SSSR count). The first-order valence-corrected chi connectivity index (χ1v) is 14.5. The third-order valence-electron chi connectivity index (χ3n) is 6.45. The van der Waals surface area contributed by atoms with Crippen molar-refractivity contribution in [3.05, 3.63) is 0 Å². The van der Waals surface area contributed by atoms with Crippen LogP contribution in [0.15, 0.2) is 0 Å². The highest BCUT2D eigenvalue weighted by molar-refractivity contribution is 4.62. The van der Waals surface area contributed by atoms with E-state index in [1.165, 1.54) is 142 Å². The predicted molar refractivity (Wildman–Crippen MR) is 142 cm³/mol. The summed E-state index contributed by atoms with van der Waals surface area (Å²) in [6, 6.07) is 0. The molecule has 3 nitrogen and oxygen atoms in total. The van der Waals surface area contributed by atoms with E-state index in [2.05, 4.69) is 36.3 Å². The van der Waals surface area contributed by atoms with Crippen molar-refractivity contribution in [2.75, 3.05) is 45.8 Å². The Morgan fingerprint density at radius 1 is 0.355 bits per heavy atom. The molecule has 0 aliphatic carbocycles. The summed E-state index contributed by atoms with van der Waals surface area (Å²) in [5.41, 5.74) is 0. The Morgan fingerprint density at radius 2 is 0.742 bits per heavy atom. The van der Waals surface area contributed by atoms with E-state index in [-0.39, 0.29) is 0 Å². The van der Waals surface area contributed by atoms with E-state index < -0.39 is 0 Å². The van der Waals surface area contributed by atoms with Gasteiger partial charge >= 0.3 is 0 Å². The molecule has 0 saturated heterocycles. The minimum absolute atomic E-state index is 1.11. The third-order valence-corrected chi connectivity index (χ3v) is 6.45. The van der Waals surface area contributed by atoms with Crippen LogP contribution in [0.25, 0.3) is 0 Å². The molecule has 0 radical (unpaired) electrons. The highest BCUT2D eigenvalue weighted by Gasteiger charge is 2.04. The molecule has 0 saturated carbocycles. The van der Waals surface area contributed by atoms with Crippen molar-refractivity contribution < 1.29 is 0 Å². The maximum Gasteiger partial charge on any atom is 0.0107 e. The maximum absolute atomic E-state index is 3.67. The second-order valence-electron chi connectivity index (χ2n) is 9.64. The normalized spacial score (nSPS) is 11.6. The molecule has 0 aromatic rings. The van der Waals surface area contributed by atoms with E-state index >= 15 is 0 Å². The number of rotatable bonds is 27. The minimum Gasteiger partial charge on any atom is -0.315 e. The van der Waals surface area contributed by atoms with Gasteiger partial charge < -0.3 is 15.5 Å². The average Bonchev–Trinajstić information content (AvgIpc) is 2.78. The molecular formula is C28H61N3. The van der Waals surface area contributed by atoms with Gasteiger partial charge in [-0.3, -0.25) is 0 Å². The summed E-state index contributed by atoms with van der Waals surface area (Å²) in [5.74, 6) is 0. The Kier molecular flexibility index (Phi) is 27.8. The highest BCUT2D eigenvalue weighted by Crippen LogP contribution is 2.09. The lowest BCUT2D eigenvalue weighted by atomic mass is 10.1. The van der Waals surface area contributed by atoms with Crippen LogP contribution in [0, 0.1) is 0 Å². The van der Waals surface area contributed by atoms with E-state index in [0.29, 0.717) is 0 Å². The van der Waals surface area contributed by atoms with Gasteiger partial charge in [-0.05, 0) is 38.9 Å². The van der Waals surface area contributed by atoms with Crippen LogP contribution in [0.1, 0.15) is 136 Å². The predicted octanol–water partition coefficient (Wildman–Crippen LogP) is 7.55. The van der Waals surface area contributed by atoms with Crippen molar-refractivity contribution in [2.45, 2.75) is 136 Å². The Morgan fingerprint density at radius 3 is 1.23 bits per heavy atom. The summed E-state index contributed by atoms with van der Waals surface area (Å²) in [6.45, 7) is 15.3. The van der Waals surface area contributed by atoms with Crippen LogP contribution in [-0.2, 0) is 0 Å². The van der Waals surface area contributed by atoms with E-state index in [1.54, 1.807) is 0 Å². The largest absolute Gasteiger partial charge is 0.315 e. The van der Waals surface area contributed by atoms with Gasteiger partial charge in [0.25, 0.3) is 0 Å². The lowest BCUT2D eigenvalue weighted by Gasteiger charge is -2.22. The SMILES string of the molecule is CCCCCCCCNCCNCCN(CCCCCCCC)CCCCCCCC. The number of nitrogens with one attached hydrogen (secondary N) is 2. The Labute approximate surface area is 197 Å². The number of hydrogen-bond acceptors (Lipinski definition) is 3. The molecule has 0 amide bonds. The quantitative estimate of drug-likeness (QED) is 0.129. The minimum atomic E-state index is 1.11. The van der Waals surface area contributed by atoms with Crippen LogP contribution < -0.4 is 10.6 Å². The number of unbranched alkanes of at least 4 members (excludes halogenated alkanes) is 15. The van der Waals surface area contributed by atoms with E-state index in [4.69, 9.17) is 0 Å². The fourth-order valence-electron chi connectivity index (χ4n) is 4.26. The topological polar surface area (TPSA) is 27.3 Å². The highest BCUT2D eigenvalue weighted by atomic mass is 15.1. The van der Waals surface area contributed by atoms with Crippen molar-refractivity contribution in [1.82, 2.24) is 15.5 Å². The molecule has 0 aliphatic heterocycles. The van der Waals surface area contributed by atoms with Crippen LogP contribution in [0.5, 0.6) is 0 Å². The lowest BCUT2D eigenvalue weighted by molar-refractivity contribution is 0.260. The molecule has 188 valence electrons. The molecule has 2 N–H and O–H groups in total.